The first kappa shape index (κ1) is 15.9. The Balaban J connectivity index is 2.14. The predicted molar refractivity (Wildman–Crippen MR) is 87.9 cm³/mol. The summed E-state index contributed by atoms with van der Waals surface area (Å²) >= 11 is 6.35. The quantitative estimate of drug-likeness (QED) is 0.558. The van der Waals surface area contributed by atoms with Crippen LogP contribution in [0.4, 0.5) is 13.2 Å². The summed E-state index contributed by atoms with van der Waals surface area (Å²) in [7, 11) is 0. The molecule has 5 heteroatoms. The first-order valence-electron chi connectivity index (χ1n) is 7.29. The van der Waals surface area contributed by atoms with Gasteiger partial charge in [0.25, 0.3) is 0 Å². The largest absolute Gasteiger partial charge is 0.416 e. The number of H-pyrrole nitrogens is 1. The first-order valence-corrected chi connectivity index (χ1v) is 7.66. The van der Waals surface area contributed by atoms with E-state index in [4.69, 9.17) is 11.6 Å². The summed E-state index contributed by atoms with van der Waals surface area (Å²) in [6.45, 7) is 3.72. The van der Waals surface area contributed by atoms with Crippen LogP contribution in [0.3, 0.4) is 0 Å². The highest BCUT2D eigenvalue weighted by atomic mass is 35.5. The van der Waals surface area contributed by atoms with E-state index in [1.54, 1.807) is 6.92 Å². The minimum atomic E-state index is -4.34. The van der Waals surface area contributed by atoms with Crippen molar-refractivity contribution in [1.82, 2.24) is 4.98 Å². The molecule has 1 heterocycles. The molecule has 3 rings (SSSR count). The van der Waals surface area contributed by atoms with Crippen molar-refractivity contribution in [2.45, 2.75) is 26.4 Å². The van der Waals surface area contributed by atoms with Crippen LogP contribution in [0.15, 0.2) is 36.4 Å². The van der Waals surface area contributed by atoms with Crippen molar-refractivity contribution in [1.29, 1.82) is 0 Å². The average molecular weight is 338 g/mol. The Morgan fingerprint density at radius 1 is 1.04 bits per heavy atom. The molecule has 3 aromatic rings. The van der Waals surface area contributed by atoms with E-state index < -0.39 is 11.7 Å². The van der Waals surface area contributed by atoms with Crippen LogP contribution in [0.5, 0.6) is 0 Å². The molecule has 0 bridgehead atoms. The summed E-state index contributed by atoms with van der Waals surface area (Å²) in [6.07, 6.45) is -3.46. The molecule has 0 aliphatic carbocycles. The van der Waals surface area contributed by atoms with E-state index in [0.717, 1.165) is 40.7 Å². The van der Waals surface area contributed by atoms with Crippen molar-refractivity contribution in [3.63, 3.8) is 0 Å². The maximum atomic E-state index is 12.8. The van der Waals surface area contributed by atoms with Gasteiger partial charge in [0.1, 0.15) is 0 Å². The molecule has 0 saturated carbocycles. The fourth-order valence-corrected chi connectivity index (χ4v) is 3.02. The lowest BCUT2D eigenvalue weighted by atomic mass is 9.97. The number of aryl methyl sites for hydroxylation is 2. The Kier molecular flexibility index (Phi) is 3.88. The van der Waals surface area contributed by atoms with Crippen LogP contribution in [0.25, 0.3) is 22.0 Å². The van der Waals surface area contributed by atoms with Crippen LogP contribution in [-0.2, 0) is 12.6 Å². The molecule has 0 aliphatic rings. The van der Waals surface area contributed by atoms with Crippen molar-refractivity contribution in [3.05, 3.63) is 58.2 Å². The molecule has 0 fully saturated rings. The number of hydrogen-bond acceptors (Lipinski definition) is 0. The average Bonchev–Trinajstić information content (AvgIpc) is 2.87. The molecular weight excluding hydrogens is 323 g/mol. The zero-order chi connectivity index (χ0) is 16.8. The zero-order valence-corrected chi connectivity index (χ0v) is 13.4. The molecule has 0 unspecified atom stereocenters. The summed E-state index contributed by atoms with van der Waals surface area (Å²) in [5.41, 5.74) is 3.38. The van der Waals surface area contributed by atoms with E-state index in [2.05, 4.69) is 4.98 Å². The second-order valence-corrected chi connectivity index (χ2v) is 6.00. The lowest BCUT2D eigenvalue weighted by molar-refractivity contribution is -0.137. The number of nitrogens with one attached hydrogen (secondary N) is 1. The summed E-state index contributed by atoms with van der Waals surface area (Å²) < 4.78 is 38.4. The number of aromatic amines is 1. The fourth-order valence-electron chi connectivity index (χ4n) is 2.75. The van der Waals surface area contributed by atoms with Gasteiger partial charge in [0.15, 0.2) is 0 Å². The van der Waals surface area contributed by atoms with Gasteiger partial charge in [-0.1, -0.05) is 24.6 Å². The fraction of sp³-hybridized carbons (Fsp3) is 0.222. The minimum absolute atomic E-state index is 0.518. The van der Waals surface area contributed by atoms with Crippen molar-refractivity contribution < 1.29 is 13.2 Å². The van der Waals surface area contributed by atoms with Crippen LogP contribution >= 0.6 is 11.6 Å². The Labute approximate surface area is 137 Å². The van der Waals surface area contributed by atoms with Crippen LogP contribution in [0.1, 0.15) is 23.7 Å². The van der Waals surface area contributed by atoms with E-state index in [0.29, 0.717) is 16.1 Å². The van der Waals surface area contributed by atoms with Crippen molar-refractivity contribution in [2.24, 2.45) is 0 Å². The second kappa shape index (κ2) is 5.60. The topological polar surface area (TPSA) is 15.8 Å². The molecule has 0 aliphatic heterocycles. The normalized spacial score (nSPS) is 12.1. The summed E-state index contributed by atoms with van der Waals surface area (Å²) in [6, 6.07) is 9.51. The summed E-state index contributed by atoms with van der Waals surface area (Å²) in [5, 5.41) is 1.52. The van der Waals surface area contributed by atoms with E-state index in [9.17, 15) is 13.2 Å². The van der Waals surface area contributed by atoms with E-state index in [-0.39, 0.29) is 0 Å². The molecule has 0 atom stereocenters. The lowest BCUT2D eigenvalue weighted by Gasteiger charge is -2.12. The van der Waals surface area contributed by atoms with E-state index >= 15 is 0 Å². The minimum Gasteiger partial charge on any atom is -0.358 e. The number of rotatable bonds is 2. The van der Waals surface area contributed by atoms with Gasteiger partial charge >= 0.3 is 6.18 Å². The zero-order valence-electron chi connectivity index (χ0n) is 12.7. The molecule has 1 nitrogen and oxygen atoms in total. The van der Waals surface area contributed by atoms with Gasteiger partial charge in [-0.15, -0.1) is 0 Å². The molecule has 1 N–H and O–H groups in total. The number of alkyl halides is 3. The van der Waals surface area contributed by atoms with Crippen LogP contribution in [0.2, 0.25) is 5.02 Å². The highest BCUT2D eigenvalue weighted by Crippen LogP contribution is 2.37. The molecule has 2 aromatic carbocycles. The first-order chi connectivity index (χ1) is 10.8. The van der Waals surface area contributed by atoms with Crippen molar-refractivity contribution in [2.75, 3.05) is 0 Å². The van der Waals surface area contributed by atoms with Gasteiger partial charge in [-0.25, -0.2) is 0 Å². The third-order valence-electron chi connectivity index (χ3n) is 3.99. The van der Waals surface area contributed by atoms with Gasteiger partial charge < -0.3 is 4.98 Å². The number of halogens is 4. The van der Waals surface area contributed by atoms with E-state index in [1.807, 2.05) is 25.1 Å². The highest BCUT2D eigenvalue weighted by Gasteiger charge is 2.30. The van der Waals surface area contributed by atoms with Crippen molar-refractivity contribution >= 4 is 22.5 Å². The number of hydrogen-bond donors (Lipinski definition) is 1. The van der Waals surface area contributed by atoms with Gasteiger partial charge in [0.2, 0.25) is 0 Å². The highest BCUT2D eigenvalue weighted by molar-refractivity contribution is 6.34. The monoisotopic (exact) mass is 337 g/mol. The van der Waals surface area contributed by atoms with Crippen LogP contribution in [-0.4, -0.2) is 4.98 Å². The molecule has 1 aromatic heterocycles. The Morgan fingerprint density at radius 2 is 1.78 bits per heavy atom. The van der Waals surface area contributed by atoms with Gasteiger partial charge in [-0.05, 0) is 54.8 Å². The Hall–Kier alpha value is -1.94. The summed E-state index contributed by atoms with van der Waals surface area (Å²) in [5.74, 6) is 0. The lowest BCUT2D eigenvalue weighted by Crippen LogP contribution is -2.05. The number of benzene rings is 2. The molecule has 23 heavy (non-hydrogen) atoms. The van der Waals surface area contributed by atoms with Crippen LogP contribution < -0.4 is 0 Å². The number of aromatic nitrogens is 1. The molecule has 0 saturated heterocycles. The van der Waals surface area contributed by atoms with E-state index in [1.165, 1.54) is 6.07 Å². The predicted octanol–water partition coefficient (Wildman–Crippen LogP) is 6.38. The molecule has 0 spiro atoms. The second-order valence-electron chi connectivity index (χ2n) is 5.59. The smallest absolute Gasteiger partial charge is 0.358 e. The SMILES string of the molecule is CCc1cc2cc(-c3ccc(C(F)(F)F)cc3C)c(Cl)cc2[nH]1. The number of fused-ring (bicyclic) bond motifs is 1. The molecule has 120 valence electrons. The van der Waals surface area contributed by atoms with Crippen LogP contribution in [0, 0.1) is 6.92 Å². The third-order valence-corrected chi connectivity index (χ3v) is 4.30. The Bertz CT molecular complexity index is 878. The standard InChI is InChI=1S/C18H15ClF3N/c1-3-13-7-11-8-15(16(19)9-17(11)23-13)14-5-4-12(6-10(14)2)18(20,21)22/h4-9,23H,3H2,1-2H3. The van der Waals surface area contributed by atoms with Gasteiger partial charge in [-0.2, -0.15) is 13.2 Å². The molecular formula is C18H15ClF3N. The molecule has 0 amide bonds. The Morgan fingerprint density at radius 3 is 2.39 bits per heavy atom. The van der Waals surface area contributed by atoms with Gasteiger partial charge in [0.05, 0.1) is 10.6 Å². The van der Waals surface area contributed by atoms with Crippen molar-refractivity contribution in [3.8, 4) is 11.1 Å². The maximum Gasteiger partial charge on any atom is 0.416 e. The summed E-state index contributed by atoms with van der Waals surface area (Å²) in [4.78, 5) is 3.28. The third kappa shape index (κ3) is 2.95. The van der Waals surface area contributed by atoms with Gasteiger partial charge in [-0.3, -0.25) is 0 Å². The molecule has 0 radical (unpaired) electrons. The maximum absolute atomic E-state index is 12.8. The van der Waals surface area contributed by atoms with Gasteiger partial charge in [0, 0.05) is 22.2 Å².